The lowest BCUT2D eigenvalue weighted by atomic mass is 10.2. The van der Waals surface area contributed by atoms with E-state index in [9.17, 15) is 5.11 Å². The summed E-state index contributed by atoms with van der Waals surface area (Å²) in [6, 6.07) is 5.32. The molecule has 0 saturated carbocycles. The number of nitrogens with zero attached hydrogens (tertiary/aromatic N) is 4. The molecule has 94 valence electrons. The van der Waals surface area contributed by atoms with Crippen molar-refractivity contribution in [2.75, 3.05) is 0 Å². The summed E-state index contributed by atoms with van der Waals surface area (Å²) in [6.45, 7) is 0. The van der Waals surface area contributed by atoms with Gasteiger partial charge in [-0.25, -0.2) is 0 Å². The van der Waals surface area contributed by atoms with Crippen LogP contribution in [-0.4, -0.2) is 25.2 Å². The first-order valence-electron chi connectivity index (χ1n) is 5.67. The number of pyridine rings is 2. The molecule has 1 N–H and O–H groups in total. The van der Waals surface area contributed by atoms with E-state index >= 15 is 0 Å². The fraction of sp³-hybridized carbons (Fsp3) is 0.0769. The van der Waals surface area contributed by atoms with Crippen LogP contribution in [0.15, 0.2) is 47.5 Å². The van der Waals surface area contributed by atoms with E-state index in [0.29, 0.717) is 23.7 Å². The normalized spacial score (nSPS) is 10.5. The summed E-state index contributed by atoms with van der Waals surface area (Å²) in [6.07, 6.45) is 6.91. The highest BCUT2D eigenvalue weighted by molar-refractivity contribution is 5.53. The highest BCUT2D eigenvalue weighted by Gasteiger charge is 2.10. The molecule has 0 aliphatic heterocycles. The second kappa shape index (κ2) is 4.85. The SMILES string of the molecule is Oc1cncc(-c2nc(Cc3cccnc3)no2)c1. The van der Waals surface area contributed by atoms with Crippen molar-refractivity contribution in [1.82, 2.24) is 20.1 Å². The first-order chi connectivity index (χ1) is 9.31. The van der Waals surface area contributed by atoms with Crippen molar-refractivity contribution in [2.24, 2.45) is 0 Å². The van der Waals surface area contributed by atoms with E-state index in [2.05, 4.69) is 20.1 Å². The quantitative estimate of drug-likeness (QED) is 0.767. The highest BCUT2D eigenvalue weighted by atomic mass is 16.5. The van der Waals surface area contributed by atoms with Crippen LogP contribution >= 0.6 is 0 Å². The predicted octanol–water partition coefficient (Wildman–Crippen LogP) is 1.82. The minimum absolute atomic E-state index is 0.0597. The highest BCUT2D eigenvalue weighted by Crippen LogP contribution is 2.20. The van der Waals surface area contributed by atoms with Crippen molar-refractivity contribution in [3.05, 3.63) is 54.4 Å². The molecule has 3 aromatic heterocycles. The molecular formula is C13H10N4O2. The fourth-order valence-corrected chi connectivity index (χ4v) is 1.67. The van der Waals surface area contributed by atoms with Gasteiger partial charge in [-0.2, -0.15) is 4.98 Å². The van der Waals surface area contributed by atoms with Crippen molar-refractivity contribution >= 4 is 0 Å². The van der Waals surface area contributed by atoms with Crippen LogP contribution in [0.1, 0.15) is 11.4 Å². The lowest BCUT2D eigenvalue weighted by Gasteiger charge is -1.94. The first kappa shape index (κ1) is 11.3. The van der Waals surface area contributed by atoms with Gasteiger partial charge >= 0.3 is 0 Å². The van der Waals surface area contributed by atoms with Crippen molar-refractivity contribution in [2.45, 2.75) is 6.42 Å². The Labute approximate surface area is 108 Å². The minimum atomic E-state index is 0.0597. The van der Waals surface area contributed by atoms with Crippen molar-refractivity contribution in [3.63, 3.8) is 0 Å². The molecule has 3 heterocycles. The Morgan fingerprint density at radius 2 is 2.11 bits per heavy atom. The first-order valence-corrected chi connectivity index (χ1v) is 5.67. The topological polar surface area (TPSA) is 84.9 Å². The van der Waals surface area contributed by atoms with Crippen LogP contribution in [0.5, 0.6) is 5.75 Å². The third-order valence-electron chi connectivity index (χ3n) is 2.52. The summed E-state index contributed by atoms with van der Waals surface area (Å²) in [5, 5.41) is 13.2. The van der Waals surface area contributed by atoms with Crippen LogP contribution in [0.3, 0.4) is 0 Å². The molecule has 0 atom stereocenters. The zero-order valence-electron chi connectivity index (χ0n) is 9.89. The third kappa shape index (κ3) is 2.57. The molecule has 0 radical (unpaired) electrons. The number of rotatable bonds is 3. The van der Waals surface area contributed by atoms with E-state index in [1.165, 1.54) is 12.3 Å². The Bertz CT molecular complexity index is 682. The molecule has 19 heavy (non-hydrogen) atoms. The standard InChI is InChI=1S/C13H10N4O2/c18-11-5-10(7-15-8-11)13-16-12(17-19-13)4-9-2-1-3-14-6-9/h1-3,5-8,18H,4H2. The van der Waals surface area contributed by atoms with Gasteiger partial charge in [0.1, 0.15) is 5.75 Å². The van der Waals surface area contributed by atoms with E-state index in [4.69, 9.17) is 4.52 Å². The maximum absolute atomic E-state index is 9.36. The fourth-order valence-electron chi connectivity index (χ4n) is 1.67. The number of hydrogen-bond acceptors (Lipinski definition) is 6. The van der Waals surface area contributed by atoms with Crippen molar-refractivity contribution in [3.8, 4) is 17.2 Å². The van der Waals surface area contributed by atoms with E-state index < -0.39 is 0 Å². The van der Waals surface area contributed by atoms with Gasteiger partial charge in [0.2, 0.25) is 0 Å². The third-order valence-corrected chi connectivity index (χ3v) is 2.52. The summed E-state index contributed by atoms with van der Waals surface area (Å²) >= 11 is 0. The summed E-state index contributed by atoms with van der Waals surface area (Å²) in [5.41, 5.74) is 1.59. The van der Waals surface area contributed by atoms with Crippen molar-refractivity contribution in [1.29, 1.82) is 0 Å². The van der Waals surface area contributed by atoms with E-state index in [1.54, 1.807) is 18.6 Å². The van der Waals surface area contributed by atoms with Gasteiger partial charge < -0.3 is 9.63 Å². The molecule has 0 bridgehead atoms. The average Bonchev–Trinajstić information content (AvgIpc) is 2.88. The van der Waals surface area contributed by atoms with Gasteiger partial charge in [-0.15, -0.1) is 0 Å². The maximum atomic E-state index is 9.36. The van der Waals surface area contributed by atoms with Crippen LogP contribution in [0, 0.1) is 0 Å². The molecule has 3 aromatic rings. The summed E-state index contributed by atoms with van der Waals surface area (Å²) < 4.78 is 5.15. The molecule has 6 heteroatoms. The van der Waals surface area contributed by atoms with Crippen LogP contribution in [-0.2, 0) is 6.42 Å². The molecule has 0 fully saturated rings. The lowest BCUT2D eigenvalue weighted by Crippen LogP contribution is -1.91. The molecule has 0 amide bonds. The Hall–Kier alpha value is -2.76. The maximum Gasteiger partial charge on any atom is 0.259 e. The van der Waals surface area contributed by atoms with Crippen LogP contribution in [0.2, 0.25) is 0 Å². The molecule has 0 saturated heterocycles. The smallest absolute Gasteiger partial charge is 0.259 e. The monoisotopic (exact) mass is 254 g/mol. The van der Waals surface area contributed by atoms with E-state index in [0.717, 1.165) is 5.56 Å². The van der Waals surface area contributed by atoms with Gasteiger partial charge in [0.05, 0.1) is 11.8 Å². The molecule has 0 spiro atoms. The van der Waals surface area contributed by atoms with Crippen LogP contribution in [0.4, 0.5) is 0 Å². The van der Waals surface area contributed by atoms with Gasteiger partial charge in [0, 0.05) is 25.0 Å². The zero-order valence-corrected chi connectivity index (χ0v) is 9.89. The van der Waals surface area contributed by atoms with Crippen LogP contribution in [0.25, 0.3) is 11.5 Å². The molecule has 6 nitrogen and oxygen atoms in total. The van der Waals surface area contributed by atoms with E-state index in [-0.39, 0.29) is 5.75 Å². The number of aromatic hydroxyl groups is 1. The molecular weight excluding hydrogens is 244 g/mol. The van der Waals surface area contributed by atoms with Crippen molar-refractivity contribution < 1.29 is 9.63 Å². The summed E-state index contributed by atoms with van der Waals surface area (Å²) in [4.78, 5) is 12.2. The minimum Gasteiger partial charge on any atom is -0.506 e. The largest absolute Gasteiger partial charge is 0.506 e. The second-order valence-corrected chi connectivity index (χ2v) is 3.99. The second-order valence-electron chi connectivity index (χ2n) is 3.99. The molecule has 3 rings (SSSR count). The van der Waals surface area contributed by atoms with Gasteiger partial charge in [-0.1, -0.05) is 11.2 Å². The summed E-state index contributed by atoms with van der Waals surface area (Å²) in [7, 11) is 0. The Morgan fingerprint density at radius 3 is 2.89 bits per heavy atom. The predicted molar refractivity (Wildman–Crippen MR) is 66.2 cm³/mol. The Kier molecular flexibility index (Phi) is 2.89. The van der Waals surface area contributed by atoms with Gasteiger partial charge in [0.25, 0.3) is 5.89 Å². The van der Waals surface area contributed by atoms with E-state index in [1.807, 2.05) is 12.1 Å². The Morgan fingerprint density at radius 1 is 1.16 bits per heavy atom. The average molecular weight is 254 g/mol. The Balaban J connectivity index is 1.84. The molecule has 0 aliphatic carbocycles. The number of hydrogen-bond donors (Lipinski definition) is 1. The molecule has 0 aromatic carbocycles. The molecule has 0 unspecified atom stereocenters. The van der Waals surface area contributed by atoms with Gasteiger partial charge in [-0.05, 0) is 17.7 Å². The van der Waals surface area contributed by atoms with Crippen LogP contribution < -0.4 is 0 Å². The molecule has 0 aliphatic rings. The van der Waals surface area contributed by atoms with Gasteiger partial charge in [0.15, 0.2) is 5.82 Å². The van der Waals surface area contributed by atoms with Gasteiger partial charge in [-0.3, -0.25) is 9.97 Å². The lowest BCUT2D eigenvalue weighted by molar-refractivity contribution is 0.423. The summed E-state index contributed by atoms with van der Waals surface area (Å²) in [5.74, 6) is 0.957. The number of aromatic nitrogens is 4. The zero-order chi connectivity index (χ0) is 13.1.